The summed E-state index contributed by atoms with van der Waals surface area (Å²) in [5.41, 5.74) is 26.8. The van der Waals surface area contributed by atoms with E-state index in [4.69, 9.17) is 0 Å². The van der Waals surface area contributed by atoms with Crippen molar-refractivity contribution in [2.45, 2.75) is 6.32 Å². The van der Waals surface area contributed by atoms with Crippen LogP contribution in [0.25, 0.3) is 65.9 Å². The Labute approximate surface area is 476 Å². The van der Waals surface area contributed by atoms with E-state index in [2.05, 4.69) is 308 Å². The molecule has 0 N–H and O–H groups in total. The molecular weight excluding hydrogens is 994 g/mol. The topological polar surface area (TPSA) is 22.8 Å². The summed E-state index contributed by atoms with van der Waals surface area (Å²) in [6.07, 6.45) is 0.941. The van der Waals surface area contributed by atoms with Crippen molar-refractivity contribution in [1.29, 1.82) is 0 Å². The van der Waals surface area contributed by atoms with Crippen molar-refractivity contribution < 1.29 is 0 Å². The second kappa shape index (κ2) is 17.5. The maximum atomic E-state index is 2.79. The molecule has 0 fully saturated rings. The highest BCUT2D eigenvalue weighted by atomic mass is 15.2. The maximum Gasteiger partial charge on any atom is 0.333 e. The average Bonchev–Trinajstić information content (AvgIpc) is 1.77. The third-order valence-corrected chi connectivity index (χ3v) is 18.1. The zero-order valence-corrected chi connectivity index (χ0v) is 44.8. The van der Waals surface area contributed by atoms with Gasteiger partial charge in [0.05, 0.1) is 0 Å². The van der Waals surface area contributed by atoms with Crippen LogP contribution in [-0.2, 0) is 0 Å². The fourth-order valence-electron chi connectivity index (χ4n) is 15.0. The van der Waals surface area contributed by atoms with Crippen molar-refractivity contribution in [3.8, 4) is 22.3 Å². The quantitative estimate of drug-likeness (QED) is 0.141. The molecule has 0 radical (unpaired) electrons. The normalized spacial score (nSPS) is 13.4. The number of hydrogen-bond donors (Lipinski definition) is 0. The van der Waals surface area contributed by atoms with Gasteiger partial charge in [-0.05, 0) is 149 Å². The van der Waals surface area contributed by atoms with E-state index in [0.717, 1.165) is 52.7 Å². The Morgan fingerprint density at radius 1 is 0.341 bits per heavy atom. The first kappa shape index (κ1) is 45.4. The lowest BCUT2D eigenvalue weighted by atomic mass is 9.44. The van der Waals surface area contributed by atoms with Gasteiger partial charge in [0, 0.05) is 124 Å². The molecule has 8 heteroatoms. The molecule has 6 heterocycles. The summed E-state index contributed by atoms with van der Waals surface area (Å²) in [7, 11) is 0. The second-order valence-corrected chi connectivity index (χ2v) is 22.3. The Morgan fingerprint density at radius 3 is 1.32 bits per heavy atom. The van der Waals surface area contributed by atoms with Gasteiger partial charge in [0.25, 0.3) is 6.85 Å². The largest absolute Gasteiger partial charge is 0.380 e. The molecule has 0 spiro atoms. The first-order valence-electron chi connectivity index (χ1n) is 28.7. The molecule has 4 aliphatic rings. The summed E-state index contributed by atoms with van der Waals surface area (Å²) >= 11 is 0. The Kier molecular flexibility index (Phi) is 9.72. The van der Waals surface area contributed by atoms with Gasteiger partial charge >= 0.3 is 6.85 Å². The number of anilines is 11. The van der Waals surface area contributed by atoms with Crippen LogP contribution in [0.2, 0.25) is 6.32 Å². The summed E-state index contributed by atoms with van der Waals surface area (Å²) in [6, 6.07) is 104. The molecule has 0 saturated carbocycles. The minimum absolute atomic E-state index is 0.0671. The number of para-hydroxylation sites is 9. The van der Waals surface area contributed by atoms with Crippen molar-refractivity contribution in [3.05, 3.63) is 279 Å². The van der Waals surface area contributed by atoms with Crippen LogP contribution in [-0.4, -0.2) is 29.2 Å². The third-order valence-electron chi connectivity index (χ3n) is 18.1. The molecule has 14 aromatic rings. The number of rotatable bonds is 8. The third kappa shape index (κ3) is 6.32. The van der Waals surface area contributed by atoms with E-state index < -0.39 is 0 Å². The second-order valence-electron chi connectivity index (χ2n) is 22.3. The fourth-order valence-corrected chi connectivity index (χ4v) is 15.0. The van der Waals surface area contributed by atoms with Gasteiger partial charge in [0.1, 0.15) is 0 Å². The Morgan fingerprint density at radius 2 is 0.768 bits per heavy atom. The first-order chi connectivity index (χ1) is 40.8. The molecule has 0 bridgehead atoms. The van der Waals surface area contributed by atoms with E-state index in [1.54, 1.807) is 0 Å². The highest BCUT2D eigenvalue weighted by Gasteiger charge is 2.47. The van der Waals surface area contributed by atoms with Gasteiger partial charge in [-0.25, -0.2) is 0 Å². The number of benzene rings is 12. The van der Waals surface area contributed by atoms with Crippen LogP contribution < -0.4 is 36.0 Å². The Bertz CT molecular complexity index is 4810. The summed E-state index contributed by atoms with van der Waals surface area (Å²) in [6.45, 7) is 0.777. The van der Waals surface area contributed by atoms with E-state index in [9.17, 15) is 0 Å². The fraction of sp³-hybridized carbons (Fsp3) is 0.0270. The maximum absolute atomic E-state index is 2.79. The van der Waals surface area contributed by atoms with Gasteiger partial charge in [0.2, 0.25) is 0 Å². The summed E-state index contributed by atoms with van der Waals surface area (Å²) < 4.78 is 5.55. The van der Waals surface area contributed by atoms with Gasteiger partial charge < -0.3 is 28.6 Å². The summed E-state index contributed by atoms with van der Waals surface area (Å²) in [4.78, 5) is 10.1. The number of hydrogen-bond acceptors (Lipinski definition) is 4. The predicted molar refractivity (Wildman–Crippen MR) is 347 cm³/mol. The number of aromatic nitrogens is 2. The lowest BCUT2D eigenvalue weighted by Crippen LogP contribution is -2.56. The van der Waals surface area contributed by atoms with Crippen molar-refractivity contribution in [2.75, 3.05) is 26.1 Å². The smallest absolute Gasteiger partial charge is 0.333 e. The highest BCUT2D eigenvalue weighted by molar-refractivity contribution is 6.90. The lowest BCUT2D eigenvalue weighted by Gasteiger charge is -2.42. The van der Waals surface area contributed by atoms with Crippen LogP contribution in [0.3, 0.4) is 0 Å². The Balaban J connectivity index is 1.04. The highest BCUT2D eigenvalue weighted by Crippen LogP contribution is 2.57. The van der Waals surface area contributed by atoms with Crippen LogP contribution in [0.15, 0.2) is 279 Å². The van der Waals surface area contributed by atoms with Crippen LogP contribution in [0.4, 0.5) is 62.6 Å². The molecule has 12 aromatic carbocycles. The van der Waals surface area contributed by atoms with Crippen LogP contribution in [0, 0.1) is 0 Å². The number of nitrogens with zero attached hydrogens (tertiary/aromatic N) is 6. The number of fused-ring (bicyclic) bond motifs is 14. The van der Waals surface area contributed by atoms with Gasteiger partial charge in [-0.15, -0.1) is 0 Å². The van der Waals surface area contributed by atoms with E-state index in [0.29, 0.717) is 0 Å². The van der Waals surface area contributed by atoms with Crippen LogP contribution in [0.5, 0.6) is 0 Å². The lowest BCUT2D eigenvalue weighted by molar-refractivity contribution is 0.983. The van der Waals surface area contributed by atoms with Gasteiger partial charge in [-0.3, -0.25) is 0 Å². The van der Waals surface area contributed by atoms with Crippen molar-refractivity contribution in [2.24, 2.45) is 0 Å². The van der Waals surface area contributed by atoms with E-state index in [1.165, 1.54) is 105 Å². The molecule has 0 unspecified atom stereocenters. The molecular formula is C74H50B2N6. The summed E-state index contributed by atoms with van der Waals surface area (Å²) in [5, 5.41) is 5.14. The van der Waals surface area contributed by atoms with E-state index in [-0.39, 0.29) is 13.7 Å². The Hall–Kier alpha value is -10.4. The van der Waals surface area contributed by atoms with Crippen LogP contribution in [0.1, 0.15) is 0 Å². The summed E-state index contributed by atoms with van der Waals surface area (Å²) in [5.74, 6) is 0. The minimum Gasteiger partial charge on any atom is -0.380 e. The van der Waals surface area contributed by atoms with Crippen molar-refractivity contribution in [1.82, 2.24) is 8.96 Å². The standard InChI is InChI=1S/C74H50B2N6/c1-7-25-49(26-8-1)77-44-43-75-71-59(45-55(47-65(71)77)78(50-27-9-2-10-28-50)51-29-11-3-12-30-51)69-68-58-38-20-23-41-63(58)82-74(68)70(67-57-37-19-22-40-62(57)81(75)73(67)69)60-46-56(79(52-31-13-4-14-32-52)53-33-15-5-16-34-53)48-66-72(60)76(82)61-39-21-24-42-64(61)80(66)54-35-17-6-18-36-54/h1-42,45-48H,43-44H2. The zero-order chi connectivity index (χ0) is 53.6. The molecule has 382 valence electrons. The van der Waals surface area contributed by atoms with E-state index in [1.807, 2.05) is 0 Å². The van der Waals surface area contributed by atoms with Crippen molar-refractivity contribution >= 4 is 136 Å². The van der Waals surface area contributed by atoms with Gasteiger partial charge in [0.15, 0.2) is 0 Å². The SMILES string of the molecule is c1ccc(N2CCB3c4c(cc(N(c5ccccc5)c5ccccc5)cc42)-c2c4c5ccccc5n5c4c(c4c6ccccc6n3c24)-c2cc(N(c3ccccc3)c3ccccc3)cc3c2B5c2ccccc2N3c2ccccc2)cc1. The van der Waals surface area contributed by atoms with Crippen LogP contribution >= 0.6 is 0 Å². The molecule has 2 aromatic heterocycles. The average molecular weight is 1040 g/mol. The molecule has 0 saturated heterocycles. The van der Waals surface area contributed by atoms with Gasteiger partial charge in [-0.1, -0.05) is 164 Å². The molecule has 4 aliphatic heterocycles. The molecule has 6 nitrogen and oxygen atoms in total. The molecule has 0 amide bonds. The first-order valence-corrected chi connectivity index (χ1v) is 28.7. The molecule has 18 rings (SSSR count). The van der Waals surface area contributed by atoms with Gasteiger partial charge in [-0.2, -0.15) is 0 Å². The molecule has 82 heavy (non-hydrogen) atoms. The molecule has 0 aliphatic carbocycles. The predicted octanol–water partition coefficient (Wildman–Crippen LogP) is 17.1. The van der Waals surface area contributed by atoms with Crippen molar-refractivity contribution in [3.63, 3.8) is 0 Å². The monoisotopic (exact) mass is 1040 g/mol. The molecule has 0 atom stereocenters. The minimum atomic E-state index is -0.151. The zero-order valence-electron chi connectivity index (χ0n) is 44.8. The van der Waals surface area contributed by atoms with E-state index >= 15 is 0 Å².